The van der Waals surface area contributed by atoms with Gasteiger partial charge in [-0.05, 0) is 38.1 Å². The minimum absolute atomic E-state index is 0.0183. The van der Waals surface area contributed by atoms with E-state index in [9.17, 15) is 22.8 Å². The van der Waals surface area contributed by atoms with Crippen LogP contribution in [0.1, 0.15) is 28.5 Å². The summed E-state index contributed by atoms with van der Waals surface area (Å²) < 4.78 is 42.5. The molecular formula is C22H19Cl2F3N4O2. The van der Waals surface area contributed by atoms with Gasteiger partial charge in [-0.3, -0.25) is 9.59 Å². The number of aryl methyl sites for hydroxylation is 1. The maximum absolute atomic E-state index is 13.9. The number of likely N-dealkylation sites (N-methyl/N-ethyl adjacent to an activating group) is 1. The van der Waals surface area contributed by atoms with Gasteiger partial charge in [0, 0.05) is 6.54 Å². The van der Waals surface area contributed by atoms with Gasteiger partial charge in [0.05, 0.1) is 33.2 Å². The van der Waals surface area contributed by atoms with E-state index in [1.807, 2.05) is 0 Å². The summed E-state index contributed by atoms with van der Waals surface area (Å²) >= 11 is 12.1. The molecule has 1 aromatic heterocycles. The topological polar surface area (TPSA) is 67.2 Å². The van der Waals surface area contributed by atoms with Crippen LogP contribution in [0.5, 0.6) is 0 Å². The molecule has 3 aromatic rings. The minimum atomic E-state index is -4.86. The number of amides is 2. The number of nitrogens with zero attached hydrogens (tertiary/aromatic N) is 3. The molecule has 0 atom stereocenters. The van der Waals surface area contributed by atoms with Gasteiger partial charge in [-0.15, -0.1) is 0 Å². The molecule has 0 aliphatic rings. The van der Waals surface area contributed by atoms with Crippen LogP contribution < -0.4 is 5.32 Å². The zero-order valence-corrected chi connectivity index (χ0v) is 19.1. The molecule has 0 saturated heterocycles. The monoisotopic (exact) mass is 498 g/mol. The zero-order chi connectivity index (χ0) is 24.3. The Morgan fingerprint density at radius 1 is 1.09 bits per heavy atom. The van der Waals surface area contributed by atoms with Crippen molar-refractivity contribution >= 4 is 40.7 Å². The molecule has 0 bridgehead atoms. The van der Waals surface area contributed by atoms with E-state index in [1.165, 1.54) is 24.3 Å². The Balaban J connectivity index is 1.89. The van der Waals surface area contributed by atoms with E-state index in [2.05, 4.69) is 10.4 Å². The van der Waals surface area contributed by atoms with E-state index in [0.29, 0.717) is 4.68 Å². The van der Waals surface area contributed by atoms with Crippen LogP contribution in [0, 0.1) is 6.92 Å². The van der Waals surface area contributed by atoms with Gasteiger partial charge in [0.25, 0.3) is 5.91 Å². The van der Waals surface area contributed by atoms with Gasteiger partial charge in [0.1, 0.15) is 6.54 Å². The number of benzene rings is 2. The van der Waals surface area contributed by atoms with E-state index in [0.717, 1.165) is 16.7 Å². The van der Waals surface area contributed by atoms with Crippen molar-refractivity contribution in [3.8, 4) is 5.69 Å². The number of aromatic nitrogens is 2. The minimum Gasteiger partial charge on any atom is -0.329 e. The van der Waals surface area contributed by atoms with Gasteiger partial charge in [-0.1, -0.05) is 47.0 Å². The van der Waals surface area contributed by atoms with Crippen molar-refractivity contribution in [3.05, 3.63) is 75.5 Å². The highest BCUT2D eigenvalue weighted by Crippen LogP contribution is 2.34. The number of rotatable bonds is 6. The van der Waals surface area contributed by atoms with Crippen LogP contribution in [-0.2, 0) is 11.0 Å². The quantitative estimate of drug-likeness (QED) is 0.480. The molecule has 0 saturated carbocycles. The molecule has 2 aromatic carbocycles. The van der Waals surface area contributed by atoms with Gasteiger partial charge < -0.3 is 10.2 Å². The van der Waals surface area contributed by atoms with Crippen molar-refractivity contribution in [3.63, 3.8) is 0 Å². The number of hydrogen-bond donors (Lipinski definition) is 1. The fourth-order valence-corrected chi connectivity index (χ4v) is 3.62. The zero-order valence-electron chi connectivity index (χ0n) is 17.6. The molecule has 0 radical (unpaired) electrons. The van der Waals surface area contributed by atoms with Gasteiger partial charge in [0.15, 0.2) is 5.69 Å². The SMILES string of the molecule is CCN(CC(=O)Nc1c(Cl)cccc1Cl)C(=O)c1cnn(-c2ccc(C)cc2)c1C(F)(F)F. The van der Waals surface area contributed by atoms with E-state index in [1.54, 1.807) is 32.0 Å². The normalized spacial score (nSPS) is 11.4. The summed E-state index contributed by atoms with van der Waals surface area (Å²) in [6.45, 7) is 2.82. The summed E-state index contributed by atoms with van der Waals surface area (Å²) in [6, 6.07) is 10.9. The summed E-state index contributed by atoms with van der Waals surface area (Å²) in [7, 11) is 0. The first-order valence-electron chi connectivity index (χ1n) is 9.78. The smallest absolute Gasteiger partial charge is 0.329 e. The maximum atomic E-state index is 13.9. The lowest BCUT2D eigenvalue weighted by atomic mass is 10.2. The number of hydrogen-bond acceptors (Lipinski definition) is 3. The van der Waals surface area contributed by atoms with Crippen molar-refractivity contribution in [2.24, 2.45) is 0 Å². The predicted molar refractivity (Wildman–Crippen MR) is 120 cm³/mol. The molecular weight excluding hydrogens is 480 g/mol. The molecule has 0 unspecified atom stereocenters. The van der Waals surface area contributed by atoms with Gasteiger partial charge in [-0.2, -0.15) is 18.3 Å². The number of halogens is 5. The summed E-state index contributed by atoms with van der Waals surface area (Å²) in [4.78, 5) is 26.5. The Morgan fingerprint density at radius 3 is 2.24 bits per heavy atom. The first-order chi connectivity index (χ1) is 15.5. The van der Waals surface area contributed by atoms with Gasteiger partial charge in [0.2, 0.25) is 5.91 Å². The Kier molecular flexibility index (Phi) is 7.34. The molecule has 1 N–H and O–H groups in total. The molecule has 0 fully saturated rings. The van der Waals surface area contributed by atoms with E-state index >= 15 is 0 Å². The third-order valence-corrected chi connectivity index (χ3v) is 5.41. The highest BCUT2D eigenvalue weighted by molar-refractivity contribution is 6.39. The highest BCUT2D eigenvalue weighted by atomic mass is 35.5. The molecule has 0 aliphatic heterocycles. The Morgan fingerprint density at radius 2 is 1.70 bits per heavy atom. The van der Waals surface area contributed by atoms with Crippen LogP contribution in [0.25, 0.3) is 5.69 Å². The summed E-state index contributed by atoms with van der Waals surface area (Å²) in [5, 5.41) is 6.66. The third-order valence-electron chi connectivity index (χ3n) is 4.78. The third kappa shape index (κ3) is 5.48. The molecule has 0 spiro atoms. The number of carbonyl (C=O) groups excluding carboxylic acids is 2. The average Bonchev–Trinajstić information content (AvgIpc) is 3.20. The molecule has 11 heteroatoms. The lowest BCUT2D eigenvalue weighted by Crippen LogP contribution is -2.38. The van der Waals surface area contributed by atoms with Gasteiger partial charge in [-0.25, -0.2) is 4.68 Å². The molecule has 33 heavy (non-hydrogen) atoms. The van der Waals surface area contributed by atoms with Crippen molar-refractivity contribution in [2.45, 2.75) is 20.0 Å². The number of para-hydroxylation sites is 1. The van der Waals surface area contributed by atoms with Crippen molar-refractivity contribution in [1.29, 1.82) is 0 Å². The highest BCUT2D eigenvalue weighted by Gasteiger charge is 2.41. The van der Waals surface area contributed by atoms with Crippen LogP contribution >= 0.6 is 23.2 Å². The van der Waals surface area contributed by atoms with E-state index < -0.39 is 35.8 Å². The first kappa shape index (κ1) is 24.6. The summed E-state index contributed by atoms with van der Waals surface area (Å²) in [5.41, 5.74) is -0.714. The Bertz CT molecular complexity index is 1160. The van der Waals surface area contributed by atoms with Crippen molar-refractivity contribution in [1.82, 2.24) is 14.7 Å². The number of nitrogens with one attached hydrogen (secondary N) is 1. The molecule has 6 nitrogen and oxygen atoms in total. The second-order valence-electron chi connectivity index (χ2n) is 7.12. The number of carbonyl (C=O) groups is 2. The molecule has 2 amide bonds. The first-order valence-corrected chi connectivity index (χ1v) is 10.5. The van der Waals surface area contributed by atoms with E-state index in [4.69, 9.17) is 23.2 Å². The summed E-state index contributed by atoms with van der Waals surface area (Å²) in [6.07, 6.45) is -4.00. The molecule has 0 aliphatic carbocycles. The number of anilines is 1. The lowest BCUT2D eigenvalue weighted by molar-refractivity contribution is -0.143. The average molecular weight is 499 g/mol. The fraction of sp³-hybridized carbons (Fsp3) is 0.227. The molecule has 174 valence electrons. The number of alkyl halides is 3. The van der Waals surface area contributed by atoms with Crippen LogP contribution in [0.2, 0.25) is 10.0 Å². The molecule has 3 rings (SSSR count). The maximum Gasteiger partial charge on any atom is 0.434 e. The molecule has 1 heterocycles. The van der Waals surface area contributed by atoms with Crippen LogP contribution in [0.3, 0.4) is 0 Å². The van der Waals surface area contributed by atoms with E-state index in [-0.39, 0.29) is 28.0 Å². The second-order valence-corrected chi connectivity index (χ2v) is 7.93. The predicted octanol–water partition coefficient (Wildman–Crippen LogP) is 5.61. The fourth-order valence-electron chi connectivity index (χ4n) is 3.13. The largest absolute Gasteiger partial charge is 0.434 e. The van der Waals surface area contributed by atoms with Crippen LogP contribution in [-0.4, -0.2) is 39.6 Å². The van der Waals surface area contributed by atoms with Crippen molar-refractivity contribution in [2.75, 3.05) is 18.4 Å². The van der Waals surface area contributed by atoms with Crippen LogP contribution in [0.4, 0.5) is 18.9 Å². The van der Waals surface area contributed by atoms with Crippen molar-refractivity contribution < 1.29 is 22.8 Å². The standard InChI is InChI=1S/C22H19Cl2F3N4O2/c1-3-30(12-18(32)29-19-16(23)5-4-6-17(19)24)21(33)15-11-28-31(20(15)22(25,26)27)14-9-7-13(2)8-10-14/h4-11H,3,12H2,1-2H3,(H,29,32). The second kappa shape index (κ2) is 9.84. The lowest BCUT2D eigenvalue weighted by Gasteiger charge is -2.21. The van der Waals surface area contributed by atoms with Gasteiger partial charge >= 0.3 is 6.18 Å². The Labute approximate surface area is 197 Å². The summed E-state index contributed by atoms with van der Waals surface area (Å²) in [5.74, 6) is -1.65. The van der Waals surface area contributed by atoms with Crippen LogP contribution in [0.15, 0.2) is 48.7 Å². The Hall–Kier alpha value is -3.04.